The van der Waals surface area contributed by atoms with Crippen LogP contribution in [-0.4, -0.2) is 36.1 Å². The van der Waals surface area contributed by atoms with Crippen molar-refractivity contribution in [2.75, 3.05) is 0 Å². The molecule has 1 aromatic rings. The number of unbranched alkanes of at least 4 members (excludes halogenated alkanes) is 3. The Balaban J connectivity index is 3.07. The van der Waals surface area contributed by atoms with Crippen molar-refractivity contribution in [1.82, 2.24) is 0 Å². The average molecular weight is 386 g/mol. The molecule has 0 aliphatic carbocycles. The molecule has 0 aliphatic rings. The molecule has 0 aliphatic heterocycles. The van der Waals surface area contributed by atoms with E-state index in [0.717, 1.165) is 50.3 Å². The molecule has 0 saturated carbocycles. The number of esters is 1. The highest BCUT2D eigenvalue weighted by molar-refractivity contribution is 7.86. The minimum Gasteiger partial charge on any atom is -0.478 e. The minimum atomic E-state index is -4.77. The Hall–Kier alpha value is -1.93. The molecule has 1 aromatic carbocycles. The van der Waals surface area contributed by atoms with Gasteiger partial charge in [0.05, 0.1) is 11.1 Å². The van der Waals surface area contributed by atoms with Crippen LogP contribution in [0.5, 0.6) is 0 Å². The number of hydrogen-bond acceptors (Lipinski definition) is 5. The standard InChI is InChI=1S/C18H26O7S/c1-3-5-7-9-14(8-6-4-2)25-18(21)15-11-10-13(17(19)20)12-16(15)26(22,23)24/h10-12,14H,3-9H2,1-2H3,(H,19,20)(H,22,23,24). The summed E-state index contributed by atoms with van der Waals surface area (Å²) in [6.45, 7) is 4.08. The summed E-state index contributed by atoms with van der Waals surface area (Å²) < 4.78 is 37.9. The van der Waals surface area contributed by atoms with Crippen LogP contribution < -0.4 is 0 Å². The smallest absolute Gasteiger partial charge is 0.339 e. The first-order chi connectivity index (χ1) is 12.2. The van der Waals surface area contributed by atoms with Crippen molar-refractivity contribution in [3.63, 3.8) is 0 Å². The van der Waals surface area contributed by atoms with Crippen LogP contribution in [0, 0.1) is 0 Å². The summed E-state index contributed by atoms with van der Waals surface area (Å²) >= 11 is 0. The first-order valence-electron chi connectivity index (χ1n) is 8.76. The van der Waals surface area contributed by atoms with Crippen LogP contribution in [-0.2, 0) is 14.9 Å². The van der Waals surface area contributed by atoms with Crippen molar-refractivity contribution in [3.8, 4) is 0 Å². The molecule has 1 unspecified atom stereocenters. The van der Waals surface area contributed by atoms with E-state index in [-0.39, 0.29) is 17.2 Å². The van der Waals surface area contributed by atoms with Gasteiger partial charge in [-0.2, -0.15) is 8.42 Å². The normalized spacial score (nSPS) is 12.6. The summed E-state index contributed by atoms with van der Waals surface area (Å²) in [7, 11) is -4.77. The molecule has 0 saturated heterocycles. The maximum Gasteiger partial charge on any atom is 0.339 e. The summed E-state index contributed by atoms with van der Waals surface area (Å²) in [5.74, 6) is -2.25. The lowest BCUT2D eigenvalue weighted by Gasteiger charge is -2.18. The molecule has 26 heavy (non-hydrogen) atoms. The molecule has 146 valence electrons. The zero-order valence-electron chi connectivity index (χ0n) is 15.1. The van der Waals surface area contributed by atoms with Gasteiger partial charge in [-0.3, -0.25) is 4.55 Å². The van der Waals surface area contributed by atoms with Gasteiger partial charge in [0, 0.05) is 0 Å². The maximum absolute atomic E-state index is 12.5. The van der Waals surface area contributed by atoms with Crippen molar-refractivity contribution >= 4 is 22.1 Å². The summed E-state index contributed by atoms with van der Waals surface area (Å²) in [6, 6.07) is 2.91. The second-order valence-electron chi connectivity index (χ2n) is 6.16. The van der Waals surface area contributed by atoms with Crippen LogP contribution in [0.25, 0.3) is 0 Å². The van der Waals surface area contributed by atoms with E-state index in [0.29, 0.717) is 12.8 Å². The summed E-state index contributed by atoms with van der Waals surface area (Å²) in [5, 5.41) is 8.97. The Morgan fingerprint density at radius 3 is 2.23 bits per heavy atom. The summed E-state index contributed by atoms with van der Waals surface area (Å²) in [5.41, 5.74) is -0.714. The highest BCUT2D eigenvalue weighted by Crippen LogP contribution is 2.22. The first kappa shape index (κ1) is 22.1. The van der Waals surface area contributed by atoms with Crippen molar-refractivity contribution in [2.45, 2.75) is 69.8 Å². The lowest BCUT2D eigenvalue weighted by atomic mass is 10.0. The second kappa shape index (κ2) is 10.3. The molecule has 7 nitrogen and oxygen atoms in total. The Bertz CT molecular complexity index is 725. The Morgan fingerprint density at radius 1 is 1.08 bits per heavy atom. The van der Waals surface area contributed by atoms with Gasteiger partial charge in [0.15, 0.2) is 0 Å². The third kappa shape index (κ3) is 6.76. The van der Waals surface area contributed by atoms with E-state index in [1.807, 2.05) is 6.92 Å². The fraction of sp³-hybridized carbons (Fsp3) is 0.556. The molecule has 1 atom stereocenters. The van der Waals surface area contributed by atoms with E-state index < -0.39 is 27.0 Å². The van der Waals surface area contributed by atoms with Gasteiger partial charge in [-0.05, 0) is 37.5 Å². The number of benzene rings is 1. The van der Waals surface area contributed by atoms with E-state index in [2.05, 4.69) is 6.92 Å². The second-order valence-corrected chi connectivity index (χ2v) is 7.55. The predicted octanol–water partition coefficient (Wildman–Crippen LogP) is 3.93. The van der Waals surface area contributed by atoms with Crippen LogP contribution in [0.2, 0.25) is 0 Å². The van der Waals surface area contributed by atoms with Crippen molar-refractivity contribution in [3.05, 3.63) is 29.3 Å². The van der Waals surface area contributed by atoms with E-state index in [4.69, 9.17) is 9.84 Å². The fourth-order valence-electron chi connectivity index (χ4n) is 2.57. The van der Waals surface area contributed by atoms with Crippen LogP contribution in [0.15, 0.2) is 23.1 Å². The molecule has 8 heteroatoms. The van der Waals surface area contributed by atoms with Crippen LogP contribution in [0.4, 0.5) is 0 Å². The molecule has 2 N–H and O–H groups in total. The van der Waals surface area contributed by atoms with Gasteiger partial charge >= 0.3 is 11.9 Å². The zero-order chi connectivity index (χ0) is 19.7. The first-order valence-corrected chi connectivity index (χ1v) is 10.2. The monoisotopic (exact) mass is 386 g/mol. The van der Waals surface area contributed by atoms with Crippen LogP contribution in [0.3, 0.4) is 0 Å². The molecule has 1 rings (SSSR count). The third-order valence-corrected chi connectivity index (χ3v) is 4.90. The van der Waals surface area contributed by atoms with E-state index in [1.54, 1.807) is 0 Å². The highest BCUT2D eigenvalue weighted by atomic mass is 32.2. The highest BCUT2D eigenvalue weighted by Gasteiger charge is 2.25. The van der Waals surface area contributed by atoms with Gasteiger partial charge in [0.1, 0.15) is 11.0 Å². The molecular weight excluding hydrogens is 360 g/mol. The summed E-state index contributed by atoms with van der Waals surface area (Å²) in [6.07, 6.45) is 5.72. The van der Waals surface area contributed by atoms with E-state index >= 15 is 0 Å². The van der Waals surface area contributed by atoms with Crippen LogP contribution in [0.1, 0.15) is 79.5 Å². The number of carboxylic acid groups (broad SMARTS) is 1. The molecule has 0 bridgehead atoms. The lowest BCUT2D eigenvalue weighted by molar-refractivity contribution is 0.0245. The summed E-state index contributed by atoms with van der Waals surface area (Å²) in [4.78, 5) is 22.7. The largest absolute Gasteiger partial charge is 0.478 e. The van der Waals surface area contributed by atoms with Crippen LogP contribution >= 0.6 is 0 Å². The van der Waals surface area contributed by atoms with Gasteiger partial charge in [0.2, 0.25) is 0 Å². The number of carbonyl (C=O) groups excluding carboxylic acids is 1. The van der Waals surface area contributed by atoms with Crippen molar-refractivity contribution in [1.29, 1.82) is 0 Å². The Labute approximate surface area is 154 Å². The lowest BCUT2D eigenvalue weighted by Crippen LogP contribution is -2.20. The third-order valence-electron chi connectivity index (χ3n) is 4.01. The molecule has 0 radical (unpaired) electrons. The topological polar surface area (TPSA) is 118 Å². The van der Waals surface area contributed by atoms with Crippen molar-refractivity contribution in [2.24, 2.45) is 0 Å². The van der Waals surface area contributed by atoms with E-state index in [9.17, 15) is 22.6 Å². The minimum absolute atomic E-state index is 0.345. The quantitative estimate of drug-likeness (QED) is 0.336. The maximum atomic E-state index is 12.5. The number of ether oxygens (including phenoxy) is 1. The number of carboxylic acids is 1. The van der Waals surface area contributed by atoms with Gasteiger partial charge in [0.25, 0.3) is 10.1 Å². The van der Waals surface area contributed by atoms with Gasteiger partial charge in [-0.1, -0.05) is 39.5 Å². The number of carbonyl (C=O) groups is 2. The molecule has 0 amide bonds. The molecule has 0 fully saturated rings. The van der Waals surface area contributed by atoms with Gasteiger partial charge < -0.3 is 9.84 Å². The molecule has 0 aromatic heterocycles. The Kier molecular flexibility index (Phi) is 8.74. The molecular formula is C18H26O7S. The number of aromatic carboxylic acids is 1. The SMILES string of the molecule is CCCCCC(CCCC)OC(=O)c1ccc(C(=O)O)cc1S(=O)(=O)O. The van der Waals surface area contributed by atoms with Crippen molar-refractivity contribution < 1.29 is 32.4 Å². The molecule has 0 heterocycles. The zero-order valence-corrected chi connectivity index (χ0v) is 15.9. The van der Waals surface area contributed by atoms with Gasteiger partial charge in [-0.15, -0.1) is 0 Å². The Morgan fingerprint density at radius 2 is 1.69 bits per heavy atom. The van der Waals surface area contributed by atoms with E-state index in [1.165, 1.54) is 0 Å². The number of hydrogen-bond donors (Lipinski definition) is 2. The van der Waals surface area contributed by atoms with Gasteiger partial charge in [-0.25, -0.2) is 9.59 Å². The predicted molar refractivity (Wildman–Crippen MR) is 96.1 cm³/mol. The average Bonchev–Trinajstić information content (AvgIpc) is 2.58. The number of rotatable bonds is 11. The fourth-order valence-corrected chi connectivity index (χ4v) is 3.27. The molecule has 0 spiro atoms.